The van der Waals surface area contributed by atoms with Gasteiger partial charge in [-0.15, -0.1) is 0 Å². The Morgan fingerprint density at radius 3 is 2.53 bits per heavy atom. The second-order valence-electron chi connectivity index (χ2n) is 3.03. The molecule has 0 atom stereocenters. The molecule has 0 aliphatic carbocycles. The molecule has 0 heterocycles. The zero-order chi connectivity index (χ0) is 11.1. The van der Waals surface area contributed by atoms with E-state index >= 15 is 0 Å². The van der Waals surface area contributed by atoms with Crippen molar-refractivity contribution in [2.45, 2.75) is 19.8 Å². The van der Waals surface area contributed by atoms with Crippen LogP contribution in [-0.4, -0.2) is 11.0 Å². The maximum atomic E-state index is 11.5. The van der Waals surface area contributed by atoms with E-state index in [0.717, 1.165) is 18.4 Å². The number of rotatable bonds is 3. The second-order valence-corrected chi connectivity index (χ2v) is 3.81. The molecule has 1 N–H and O–H groups in total. The van der Waals surface area contributed by atoms with Crippen LogP contribution in [0.1, 0.15) is 30.1 Å². The molecule has 0 spiro atoms. The van der Waals surface area contributed by atoms with Gasteiger partial charge in [-0.1, -0.05) is 37.3 Å². The van der Waals surface area contributed by atoms with Gasteiger partial charge in [-0.25, -0.2) is 0 Å². The molecule has 0 saturated carbocycles. The van der Waals surface area contributed by atoms with Gasteiger partial charge < -0.3 is 0 Å². The van der Waals surface area contributed by atoms with Gasteiger partial charge in [0.2, 0.25) is 11.0 Å². The van der Waals surface area contributed by atoms with Crippen LogP contribution >= 0.6 is 11.9 Å². The normalized spacial score (nSPS) is 9.67. The van der Waals surface area contributed by atoms with E-state index in [2.05, 4.69) is 4.72 Å². The van der Waals surface area contributed by atoms with Crippen LogP contribution < -0.4 is 4.72 Å². The lowest BCUT2D eigenvalue weighted by molar-refractivity contribution is -0.119. The summed E-state index contributed by atoms with van der Waals surface area (Å²) in [6, 6.07) is 8.88. The van der Waals surface area contributed by atoms with Gasteiger partial charge >= 0.3 is 0 Å². The fourth-order valence-corrected chi connectivity index (χ4v) is 1.58. The van der Waals surface area contributed by atoms with E-state index in [-0.39, 0.29) is 11.0 Å². The Balaban J connectivity index is 2.40. The average molecular weight is 223 g/mol. The summed E-state index contributed by atoms with van der Waals surface area (Å²) in [4.78, 5) is 22.6. The lowest BCUT2D eigenvalue weighted by Gasteiger charge is -2.01. The highest BCUT2D eigenvalue weighted by Crippen LogP contribution is 2.08. The first-order valence-electron chi connectivity index (χ1n) is 4.79. The van der Waals surface area contributed by atoms with E-state index in [9.17, 15) is 9.59 Å². The predicted molar refractivity (Wildman–Crippen MR) is 61.4 cm³/mol. The minimum atomic E-state index is -0.139. The van der Waals surface area contributed by atoms with Crippen molar-refractivity contribution in [1.82, 2.24) is 4.72 Å². The first-order chi connectivity index (χ1) is 7.24. The molecule has 1 aromatic rings. The lowest BCUT2D eigenvalue weighted by atomic mass is 10.2. The summed E-state index contributed by atoms with van der Waals surface area (Å²) < 4.78 is 2.51. The van der Waals surface area contributed by atoms with Crippen molar-refractivity contribution in [3.05, 3.63) is 35.9 Å². The van der Waals surface area contributed by atoms with Crippen LogP contribution in [0, 0.1) is 0 Å². The third kappa shape index (κ3) is 4.16. The fourth-order valence-electron chi connectivity index (χ4n) is 1.01. The van der Waals surface area contributed by atoms with Crippen molar-refractivity contribution >= 4 is 23.0 Å². The zero-order valence-electron chi connectivity index (χ0n) is 8.53. The number of carbonyl (C=O) groups excluding carboxylic acids is 2. The summed E-state index contributed by atoms with van der Waals surface area (Å²) in [5.41, 5.74) is 0.597. The van der Waals surface area contributed by atoms with Gasteiger partial charge in [0.05, 0.1) is 0 Å². The number of hydrogen-bond acceptors (Lipinski definition) is 3. The Hall–Kier alpha value is -1.29. The van der Waals surface area contributed by atoms with Crippen molar-refractivity contribution < 1.29 is 9.59 Å². The van der Waals surface area contributed by atoms with Gasteiger partial charge in [0.25, 0.3) is 0 Å². The molecule has 0 unspecified atom stereocenters. The Labute approximate surface area is 93.4 Å². The highest BCUT2D eigenvalue weighted by Gasteiger charge is 2.07. The van der Waals surface area contributed by atoms with Crippen LogP contribution in [-0.2, 0) is 4.79 Å². The number of carbonyl (C=O) groups is 2. The summed E-state index contributed by atoms with van der Waals surface area (Å²) in [7, 11) is 0. The van der Waals surface area contributed by atoms with E-state index in [1.54, 1.807) is 24.3 Å². The van der Waals surface area contributed by atoms with Crippen LogP contribution in [0.2, 0.25) is 0 Å². The molecular weight excluding hydrogens is 210 g/mol. The molecule has 0 bridgehead atoms. The van der Waals surface area contributed by atoms with Crippen LogP contribution in [0.5, 0.6) is 0 Å². The zero-order valence-corrected chi connectivity index (χ0v) is 9.34. The van der Waals surface area contributed by atoms with E-state index in [0.29, 0.717) is 12.0 Å². The Kier molecular flexibility index (Phi) is 4.90. The highest BCUT2D eigenvalue weighted by molar-refractivity contribution is 8.12. The molecule has 80 valence electrons. The second kappa shape index (κ2) is 6.24. The monoisotopic (exact) mass is 223 g/mol. The molecule has 15 heavy (non-hydrogen) atoms. The largest absolute Gasteiger partial charge is 0.293 e. The molecule has 0 aromatic heterocycles. The van der Waals surface area contributed by atoms with Crippen LogP contribution in [0.3, 0.4) is 0 Å². The standard InChI is InChI=1S/C11H13NO2S/c1-2-6-10(13)12-15-11(14)9-7-4-3-5-8-9/h3-5,7-8H,2,6H2,1H3,(H,12,13). The molecule has 0 aliphatic heterocycles. The van der Waals surface area contributed by atoms with Crippen molar-refractivity contribution in [3.8, 4) is 0 Å². The SMILES string of the molecule is CCCC(=O)NSC(=O)c1ccccc1. The quantitative estimate of drug-likeness (QED) is 0.800. The molecule has 0 fully saturated rings. The van der Waals surface area contributed by atoms with Crippen molar-refractivity contribution in [2.75, 3.05) is 0 Å². The first kappa shape index (κ1) is 11.8. The van der Waals surface area contributed by atoms with E-state index < -0.39 is 0 Å². The smallest absolute Gasteiger partial charge is 0.239 e. The van der Waals surface area contributed by atoms with Crippen molar-refractivity contribution in [2.24, 2.45) is 0 Å². The molecule has 4 heteroatoms. The molecule has 1 aromatic carbocycles. The minimum Gasteiger partial charge on any atom is -0.293 e. The van der Waals surface area contributed by atoms with E-state index in [1.807, 2.05) is 13.0 Å². The van der Waals surface area contributed by atoms with Gasteiger partial charge in [-0.3, -0.25) is 14.3 Å². The van der Waals surface area contributed by atoms with Gasteiger partial charge in [0.1, 0.15) is 0 Å². The Morgan fingerprint density at radius 2 is 1.93 bits per heavy atom. The van der Waals surface area contributed by atoms with Gasteiger partial charge in [0.15, 0.2) is 0 Å². The fraction of sp³-hybridized carbons (Fsp3) is 0.273. The van der Waals surface area contributed by atoms with Gasteiger partial charge in [-0.05, 0) is 6.42 Å². The van der Waals surface area contributed by atoms with E-state index in [4.69, 9.17) is 0 Å². The molecule has 0 aliphatic rings. The van der Waals surface area contributed by atoms with Crippen LogP contribution in [0.25, 0.3) is 0 Å². The lowest BCUT2D eigenvalue weighted by Crippen LogP contribution is -2.17. The summed E-state index contributed by atoms with van der Waals surface area (Å²) >= 11 is 0.839. The number of benzene rings is 1. The van der Waals surface area contributed by atoms with Crippen molar-refractivity contribution in [1.29, 1.82) is 0 Å². The summed E-state index contributed by atoms with van der Waals surface area (Å²) in [5.74, 6) is -0.105. The summed E-state index contributed by atoms with van der Waals surface area (Å²) in [6.07, 6.45) is 1.24. The Bertz CT molecular complexity index is 338. The Morgan fingerprint density at radius 1 is 1.27 bits per heavy atom. The minimum absolute atomic E-state index is 0.105. The number of hydrogen-bond donors (Lipinski definition) is 1. The van der Waals surface area contributed by atoms with E-state index in [1.165, 1.54) is 0 Å². The van der Waals surface area contributed by atoms with Gasteiger partial charge in [0, 0.05) is 23.9 Å². The van der Waals surface area contributed by atoms with Crippen molar-refractivity contribution in [3.63, 3.8) is 0 Å². The summed E-state index contributed by atoms with van der Waals surface area (Å²) in [6.45, 7) is 1.92. The molecular formula is C11H13NO2S. The molecule has 0 saturated heterocycles. The third-order valence-corrected chi connectivity index (χ3v) is 2.49. The third-order valence-electron chi connectivity index (χ3n) is 1.74. The number of nitrogens with one attached hydrogen (secondary N) is 1. The molecule has 1 amide bonds. The van der Waals surface area contributed by atoms with Gasteiger partial charge in [-0.2, -0.15) is 0 Å². The maximum absolute atomic E-state index is 11.5. The number of amides is 1. The highest BCUT2D eigenvalue weighted by atomic mass is 32.2. The summed E-state index contributed by atoms with van der Waals surface area (Å²) in [5, 5.41) is -0.139. The average Bonchev–Trinajstić information content (AvgIpc) is 2.27. The maximum Gasteiger partial charge on any atom is 0.239 e. The molecule has 3 nitrogen and oxygen atoms in total. The van der Waals surface area contributed by atoms with Crippen LogP contribution in [0.15, 0.2) is 30.3 Å². The first-order valence-corrected chi connectivity index (χ1v) is 5.60. The topological polar surface area (TPSA) is 46.2 Å². The van der Waals surface area contributed by atoms with Crippen LogP contribution in [0.4, 0.5) is 0 Å². The predicted octanol–water partition coefficient (Wildman–Crippen LogP) is 2.39. The molecule has 0 radical (unpaired) electrons. The molecule has 1 rings (SSSR count).